The molecule has 0 unspecified atom stereocenters. The molecule has 1 aromatic rings. The van der Waals surface area contributed by atoms with Gasteiger partial charge in [0.05, 0.1) is 0 Å². The molecule has 0 saturated heterocycles. The van der Waals surface area contributed by atoms with Crippen LogP contribution in [0.3, 0.4) is 0 Å². The molecule has 0 radical (unpaired) electrons. The van der Waals surface area contributed by atoms with Crippen LogP contribution in [0.15, 0.2) is 6.33 Å². The highest BCUT2D eigenvalue weighted by atomic mass is 32.1. The molecule has 0 atom stereocenters. The summed E-state index contributed by atoms with van der Waals surface area (Å²) in [5.74, 6) is -0.752. The van der Waals surface area contributed by atoms with Crippen LogP contribution < -0.4 is 4.90 Å². The Morgan fingerprint density at radius 3 is 2.73 bits per heavy atom. The Hall–Kier alpha value is -1.17. The van der Waals surface area contributed by atoms with E-state index in [9.17, 15) is 9.90 Å². The van der Waals surface area contributed by atoms with Gasteiger partial charge in [0.1, 0.15) is 11.9 Å². The maximum atomic E-state index is 11.4. The number of carbonyl (C=O) groups is 1. The van der Waals surface area contributed by atoms with Gasteiger partial charge >= 0.3 is 5.97 Å². The molecule has 0 aliphatic heterocycles. The first-order chi connectivity index (χ1) is 7.17. The molecule has 6 heteroatoms. The largest absolute Gasteiger partial charge is 0.479 e. The van der Waals surface area contributed by atoms with E-state index in [1.165, 1.54) is 17.9 Å². The molecule has 1 aliphatic carbocycles. The highest BCUT2D eigenvalue weighted by molar-refractivity contribution is 7.09. The summed E-state index contributed by atoms with van der Waals surface area (Å²) in [6, 6.07) is 0. The summed E-state index contributed by atoms with van der Waals surface area (Å²) in [7, 11) is 1.79. The Labute approximate surface area is 91.9 Å². The van der Waals surface area contributed by atoms with Gasteiger partial charge in [-0.2, -0.15) is 4.37 Å². The van der Waals surface area contributed by atoms with E-state index >= 15 is 0 Å². The van der Waals surface area contributed by atoms with Gasteiger partial charge in [0, 0.05) is 18.6 Å². The van der Waals surface area contributed by atoms with Crippen LogP contribution in [0, 0.1) is 0 Å². The van der Waals surface area contributed by atoms with Gasteiger partial charge in [-0.3, -0.25) is 0 Å². The minimum Gasteiger partial charge on any atom is -0.479 e. The van der Waals surface area contributed by atoms with Gasteiger partial charge in [0.25, 0.3) is 0 Å². The molecular formula is C9H13N3O2S. The minimum atomic E-state index is -0.764. The van der Waals surface area contributed by atoms with Crippen molar-refractivity contribution in [2.75, 3.05) is 11.9 Å². The molecule has 15 heavy (non-hydrogen) atoms. The second-order valence-corrected chi connectivity index (χ2v) is 4.59. The van der Waals surface area contributed by atoms with Crippen molar-refractivity contribution < 1.29 is 9.90 Å². The minimum absolute atomic E-state index is 0.680. The van der Waals surface area contributed by atoms with Crippen molar-refractivity contribution in [1.29, 1.82) is 0 Å². The average Bonchev–Trinajstić information content (AvgIpc) is 2.89. The van der Waals surface area contributed by atoms with E-state index in [0.717, 1.165) is 12.8 Å². The molecule has 1 heterocycles. The van der Waals surface area contributed by atoms with Gasteiger partial charge in [0.15, 0.2) is 0 Å². The summed E-state index contributed by atoms with van der Waals surface area (Å²) in [4.78, 5) is 17.2. The second kappa shape index (κ2) is 3.77. The van der Waals surface area contributed by atoms with Crippen molar-refractivity contribution in [2.24, 2.45) is 0 Å². The van der Waals surface area contributed by atoms with Crippen LogP contribution >= 0.6 is 11.5 Å². The number of anilines is 1. The molecule has 0 spiro atoms. The normalized spacial score (nSPS) is 19.0. The quantitative estimate of drug-likeness (QED) is 0.844. The predicted molar refractivity (Wildman–Crippen MR) is 57.1 cm³/mol. The van der Waals surface area contributed by atoms with Gasteiger partial charge in [-0.1, -0.05) is 12.8 Å². The summed E-state index contributed by atoms with van der Waals surface area (Å²) in [6.07, 6.45) is 4.78. The molecule has 5 nitrogen and oxygen atoms in total. The van der Waals surface area contributed by atoms with E-state index < -0.39 is 11.5 Å². The first-order valence-corrected chi connectivity index (χ1v) is 5.68. The molecule has 2 rings (SSSR count). The van der Waals surface area contributed by atoms with E-state index in [1.807, 2.05) is 0 Å². The van der Waals surface area contributed by atoms with Crippen LogP contribution in [-0.4, -0.2) is 33.0 Å². The van der Waals surface area contributed by atoms with Gasteiger partial charge in [-0.25, -0.2) is 9.78 Å². The van der Waals surface area contributed by atoms with Crippen molar-refractivity contribution in [1.82, 2.24) is 9.36 Å². The predicted octanol–water partition coefficient (Wildman–Crippen LogP) is 1.37. The molecule has 1 N–H and O–H groups in total. The maximum Gasteiger partial charge on any atom is 0.329 e. The van der Waals surface area contributed by atoms with Crippen molar-refractivity contribution in [3.05, 3.63) is 6.33 Å². The lowest BCUT2D eigenvalue weighted by molar-refractivity contribution is -0.143. The highest BCUT2D eigenvalue weighted by Gasteiger charge is 2.46. The van der Waals surface area contributed by atoms with E-state index in [4.69, 9.17) is 0 Å². The number of hydrogen-bond donors (Lipinski definition) is 1. The van der Waals surface area contributed by atoms with Crippen molar-refractivity contribution in [2.45, 2.75) is 31.2 Å². The number of likely N-dealkylation sites (N-methyl/N-ethyl adjacent to an activating group) is 1. The summed E-state index contributed by atoms with van der Waals surface area (Å²) < 4.78 is 3.90. The summed E-state index contributed by atoms with van der Waals surface area (Å²) in [5.41, 5.74) is -0.764. The van der Waals surface area contributed by atoms with Crippen LogP contribution in [0.1, 0.15) is 25.7 Å². The summed E-state index contributed by atoms with van der Waals surface area (Å²) in [5, 5.41) is 10.0. The van der Waals surface area contributed by atoms with Crippen molar-refractivity contribution >= 4 is 22.6 Å². The maximum absolute atomic E-state index is 11.4. The van der Waals surface area contributed by atoms with Crippen LogP contribution in [0.2, 0.25) is 0 Å². The highest BCUT2D eigenvalue weighted by Crippen LogP contribution is 2.37. The van der Waals surface area contributed by atoms with Crippen LogP contribution in [0.25, 0.3) is 0 Å². The second-order valence-electron chi connectivity index (χ2n) is 3.83. The molecule has 0 amide bonds. The SMILES string of the molecule is CN(c1ncns1)C1(C(=O)O)CCCC1. The first-order valence-electron chi connectivity index (χ1n) is 4.91. The number of nitrogens with zero attached hydrogens (tertiary/aromatic N) is 3. The number of carboxylic acid groups (broad SMARTS) is 1. The Kier molecular flexibility index (Phi) is 2.60. The standard InChI is InChI=1S/C9H13N3O2S/c1-12(8-10-6-11-15-8)9(7(13)14)4-2-3-5-9/h6H,2-5H2,1H3,(H,13,14). The Balaban J connectivity index is 2.29. The molecule has 0 aromatic carbocycles. The lowest BCUT2D eigenvalue weighted by Gasteiger charge is -2.34. The van der Waals surface area contributed by atoms with Gasteiger partial charge in [-0.05, 0) is 12.8 Å². The Morgan fingerprint density at radius 2 is 2.27 bits per heavy atom. The molecule has 1 fully saturated rings. The molecule has 1 aromatic heterocycles. The molecule has 1 aliphatic rings. The third-order valence-corrected chi connectivity index (χ3v) is 3.85. The van der Waals surface area contributed by atoms with Gasteiger partial charge < -0.3 is 10.0 Å². The van der Waals surface area contributed by atoms with Crippen LogP contribution in [-0.2, 0) is 4.79 Å². The zero-order valence-electron chi connectivity index (χ0n) is 8.51. The zero-order chi connectivity index (χ0) is 10.9. The van der Waals surface area contributed by atoms with E-state index in [1.54, 1.807) is 11.9 Å². The monoisotopic (exact) mass is 227 g/mol. The number of aromatic nitrogens is 2. The average molecular weight is 227 g/mol. The smallest absolute Gasteiger partial charge is 0.329 e. The molecule has 1 saturated carbocycles. The number of carboxylic acids is 1. The third-order valence-electron chi connectivity index (χ3n) is 3.11. The molecule has 0 bridgehead atoms. The topological polar surface area (TPSA) is 66.3 Å². The number of aliphatic carboxylic acids is 1. The Morgan fingerprint density at radius 1 is 1.60 bits per heavy atom. The third kappa shape index (κ3) is 1.58. The number of hydrogen-bond acceptors (Lipinski definition) is 5. The fourth-order valence-corrected chi connectivity index (χ4v) is 2.73. The summed E-state index contributed by atoms with van der Waals surface area (Å²) in [6.45, 7) is 0. The number of rotatable bonds is 3. The van der Waals surface area contributed by atoms with E-state index in [-0.39, 0.29) is 0 Å². The van der Waals surface area contributed by atoms with Crippen molar-refractivity contribution in [3.63, 3.8) is 0 Å². The molecular weight excluding hydrogens is 214 g/mol. The van der Waals surface area contributed by atoms with E-state index in [2.05, 4.69) is 9.36 Å². The van der Waals surface area contributed by atoms with Crippen LogP contribution in [0.4, 0.5) is 5.13 Å². The first kappa shape index (κ1) is 10.4. The van der Waals surface area contributed by atoms with Crippen molar-refractivity contribution in [3.8, 4) is 0 Å². The van der Waals surface area contributed by atoms with Gasteiger partial charge in [-0.15, -0.1) is 0 Å². The fourth-order valence-electron chi connectivity index (χ4n) is 2.15. The van der Waals surface area contributed by atoms with E-state index in [0.29, 0.717) is 18.0 Å². The molecule has 82 valence electrons. The van der Waals surface area contributed by atoms with Gasteiger partial charge in [0.2, 0.25) is 5.13 Å². The van der Waals surface area contributed by atoms with Crippen LogP contribution in [0.5, 0.6) is 0 Å². The fraction of sp³-hybridized carbons (Fsp3) is 0.667. The summed E-state index contributed by atoms with van der Waals surface area (Å²) >= 11 is 1.24. The lowest BCUT2D eigenvalue weighted by Crippen LogP contribution is -2.51. The Bertz CT molecular complexity index is 346. The zero-order valence-corrected chi connectivity index (χ0v) is 9.33. The lowest BCUT2D eigenvalue weighted by atomic mass is 9.96.